The van der Waals surface area contributed by atoms with Gasteiger partial charge in [0.1, 0.15) is 5.75 Å². The maximum atomic E-state index is 12.4. The minimum absolute atomic E-state index is 0.144. The van der Waals surface area contributed by atoms with Crippen LogP contribution in [0.25, 0.3) is 0 Å². The fourth-order valence-corrected chi connectivity index (χ4v) is 2.97. The number of pyridine rings is 1. The highest BCUT2D eigenvalue weighted by molar-refractivity contribution is 5.94. The molecule has 0 saturated carbocycles. The molecule has 136 valence electrons. The van der Waals surface area contributed by atoms with Crippen LogP contribution in [0.1, 0.15) is 27.0 Å². The largest absolute Gasteiger partial charge is 0.440 e. The molecule has 2 aromatic heterocycles. The summed E-state index contributed by atoms with van der Waals surface area (Å²) in [5.41, 5.74) is 1.50. The molecule has 0 bridgehead atoms. The molecule has 1 aliphatic heterocycles. The number of aromatic amines is 2. The zero-order chi connectivity index (χ0) is 18.8. The van der Waals surface area contributed by atoms with Gasteiger partial charge in [0.2, 0.25) is 5.88 Å². The van der Waals surface area contributed by atoms with E-state index in [9.17, 15) is 14.4 Å². The van der Waals surface area contributed by atoms with E-state index in [0.717, 1.165) is 5.56 Å². The first-order valence-electron chi connectivity index (χ1n) is 8.43. The summed E-state index contributed by atoms with van der Waals surface area (Å²) in [6.07, 6.45) is 4.41. The molecule has 1 aliphatic rings. The van der Waals surface area contributed by atoms with Gasteiger partial charge < -0.3 is 10.1 Å². The first-order chi connectivity index (χ1) is 13.1. The number of hydrogen-bond donors (Lipinski definition) is 3. The normalized spacial score (nSPS) is 11.9. The molecule has 0 aliphatic carbocycles. The highest BCUT2D eigenvalue weighted by Crippen LogP contribution is 2.33. The van der Waals surface area contributed by atoms with Crippen molar-refractivity contribution in [1.29, 1.82) is 0 Å². The van der Waals surface area contributed by atoms with Gasteiger partial charge in [0, 0.05) is 36.5 Å². The Labute approximate surface area is 153 Å². The molecule has 0 unspecified atom stereocenters. The summed E-state index contributed by atoms with van der Waals surface area (Å²) < 4.78 is 5.60. The highest BCUT2D eigenvalue weighted by atomic mass is 16.5. The number of aromatic nitrogens is 3. The number of carbonyl (C=O) groups is 1. The number of fused-ring (bicyclic) bond motifs is 2. The standard InChI is InChI=1S/C19H16N4O4/c24-16(21-8-5-11-3-6-20-7-4-11)12-1-2-15-13(9-12)10-14-17(25)22-19(26)23-18(14)27-15/h1-4,6-7,9H,5,8,10H2,(H,21,24)(H2,22,23,25,26). The number of nitrogens with one attached hydrogen (secondary N) is 3. The fraction of sp³-hybridized carbons (Fsp3) is 0.158. The van der Waals surface area contributed by atoms with Crippen molar-refractivity contribution in [1.82, 2.24) is 20.3 Å². The first kappa shape index (κ1) is 16.8. The summed E-state index contributed by atoms with van der Waals surface area (Å²) in [4.78, 5) is 44.3. The van der Waals surface area contributed by atoms with Crippen molar-refractivity contribution in [2.24, 2.45) is 0 Å². The van der Waals surface area contributed by atoms with Crippen molar-refractivity contribution in [3.63, 3.8) is 0 Å². The number of rotatable bonds is 4. The number of amides is 1. The third kappa shape index (κ3) is 3.50. The summed E-state index contributed by atoms with van der Waals surface area (Å²) >= 11 is 0. The lowest BCUT2D eigenvalue weighted by Gasteiger charge is -2.19. The van der Waals surface area contributed by atoms with Crippen molar-refractivity contribution in [2.45, 2.75) is 12.8 Å². The van der Waals surface area contributed by atoms with Crippen LogP contribution in [-0.4, -0.2) is 27.4 Å². The quantitative estimate of drug-likeness (QED) is 0.502. The van der Waals surface area contributed by atoms with Crippen LogP contribution in [0.15, 0.2) is 52.3 Å². The van der Waals surface area contributed by atoms with E-state index in [-0.39, 0.29) is 18.2 Å². The molecule has 27 heavy (non-hydrogen) atoms. The van der Waals surface area contributed by atoms with Gasteiger partial charge >= 0.3 is 5.69 Å². The molecule has 0 radical (unpaired) electrons. The SMILES string of the molecule is O=C(NCCc1ccncc1)c1ccc2c(c1)Cc1c([nH]c(=O)[nH]c1=O)O2. The molecule has 8 nitrogen and oxygen atoms in total. The van der Waals surface area contributed by atoms with Gasteiger partial charge in [0.15, 0.2) is 0 Å². The van der Waals surface area contributed by atoms with Crippen LogP contribution in [0.2, 0.25) is 0 Å². The molecule has 0 saturated heterocycles. The molecular formula is C19H16N4O4. The van der Waals surface area contributed by atoms with Crippen molar-refractivity contribution < 1.29 is 9.53 Å². The fourth-order valence-electron chi connectivity index (χ4n) is 2.97. The van der Waals surface area contributed by atoms with Gasteiger partial charge in [0.05, 0.1) is 5.56 Å². The third-order valence-corrected chi connectivity index (χ3v) is 4.35. The predicted molar refractivity (Wildman–Crippen MR) is 97.3 cm³/mol. The average molecular weight is 364 g/mol. The van der Waals surface area contributed by atoms with E-state index in [0.29, 0.717) is 35.4 Å². The zero-order valence-electron chi connectivity index (χ0n) is 14.2. The Morgan fingerprint density at radius 1 is 1.15 bits per heavy atom. The Balaban J connectivity index is 1.48. The van der Waals surface area contributed by atoms with Crippen LogP contribution in [0.3, 0.4) is 0 Å². The van der Waals surface area contributed by atoms with Crippen LogP contribution < -0.4 is 21.3 Å². The molecule has 0 atom stereocenters. The van der Waals surface area contributed by atoms with Crippen molar-refractivity contribution in [3.05, 3.63) is 85.8 Å². The monoisotopic (exact) mass is 364 g/mol. The van der Waals surface area contributed by atoms with Gasteiger partial charge in [0.25, 0.3) is 11.5 Å². The molecule has 3 aromatic rings. The molecule has 0 fully saturated rings. The molecule has 0 spiro atoms. The summed E-state index contributed by atoms with van der Waals surface area (Å²) in [5.74, 6) is 0.455. The van der Waals surface area contributed by atoms with E-state index in [1.165, 1.54) is 0 Å². The summed E-state index contributed by atoms with van der Waals surface area (Å²) in [7, 11) is 0. The Morgan fingerprint density at radius 2 is 1.96 bits per heavy atom. The number of benzene rings is 1. The highest BCUT2D eigenvalue weighted by Gasteiger charge is 2.22. The number of ether oxygens (including phenoxy) is 1. The third-order valence-electron chi connectivity index (χ3n) is 4.35. The second kappa shape index (κ2) is 6.91. The smallest absolute Gasteiger partial charge is 0.328 e. The lowest BCUT2D eigenvalue weighted by Crippen LogP contribution is -2.28. The zero-order valence-corrected chi connectivity index (χ0v) is 14.2. The Kier molecular flexibility index (Phi) is 4.29. The van der Waals surface area contributed by atoms with Crippen molar-refractivity contribution in [3.8, 4) is 11.6 Å². The summed E-state index contributed by atoms with van der Waals surface area (Å²) in [6.45, 7) is 0.500. The lowest BCUT2D eigenvalue weighted by molar-refractivity contribution is 0.0954. The minimum atomic E-state index is -0.618. The Hall–Kier alpha value is -3.68. The van der Waals surface area contributed by atoms with E-state index in [4.69, 9.17) is 4.74 Å². The van der Waals surface area contributed by atoms with Crippen LogP contribution in [0.5, 0.6) is 11.6 Å². The Morgan fingerprint density at radius 3 is 2.78 bits per heavy atom. The average Bonchev–Trinajstić information content (AvgIpc) is 2.67. The van der Waals surface area contributed by atoms with E-state index >= 15 is 0 Å². The molecule has 1 aromatic carbocycles. The number of hydrogen-bond acceptors (Lipinski definition) is 5. The lowest BCUT2D eigenvalue weighted by atomic mass is 10.0. The van der Waals surface area contributed by atoms with Crippen LogP contribution in [0.4, 0.5) is 0 Å². The van der Waals surface area contributed by atoms with Crippen molar-refractivity contribution in [2.75, 3.05) is 6.54 Å². The molecule has 3 N–H and O–H groups in total. The van der Waals surface area contributed by atoms with E-state index in [1.54, 1.807) is 30.6 Å². The van der Waals surface area contributed by atoms with E-state index in [2.05, 4.69) is 20.3 Å². The van der Waals surface area contributed by atoms with Crippen LogP contribution in [-0.2, 0) is 12.8 Å². The van der Waals surface area contributed by atoms with Gasteiger partial charge in [-0.1, -0.05) is 0 Å². The molecule has 3 heterocycles. The van der Waals surface area contributed by atoms with Crippen LogP contribution >= 0.6 is 0 Å². The number of nitrogens with zero attached hydrogens (tertiary/aromatic N) is 1. The predicted octanol–water partition coefficient (Wildman–Crippen LogP) is 1.13. The molecule has 8 heteroatoms. The van der Waals surface area contributed by atoms with Gasteiger partial charge in [-0.05, 0) is 42.3 Å². The van der Waals surface area contributed by atoms with E-state index < -0.39 is 11.2 Å². The summed E-state index contributed by atoms with van der Waals surface area (Å²) in [5, 5.41) is 2.88. The van der Waals surface area contributed by atoms with Crippen molar-refractivity contribution >= 4 is 5.91 Å². The molecule has 4 rings (SSSR count). The second-order valence-corrected chi connectivity index (χ2v) is 6.18. The maximum absolute atomic E-state index is 12.4. The van der Waals surface area contributed by atoms with Gasteiger partial charge in [-0.15, -0.1) is 0 Å². The summed E-state index contributed by atoms with van der Waals surface area (Å²) in [6, 6.07) is 8.82. The van der Waals surface area contributed by atoms with Gasteiger partial charge in [-0.25, -0.2) is 4.79 Å². The minimum Gasteiger partial charge on any atom is -0.440 e. The number of H-pyrrole nitrogens is 2. The molecule has 1 amide bonds. The van der Waals surface area contributed by atoms with E-state index in [1.807, 2.05) is 12.1 Å². The Bertz CT molecular complexity index is 1120. The topological polar surface area (TPSA) is 117 Å². The first-order valence-corrected chi connectivity index (χ1v) is 8.43. The van der Waals surface area contributed by atoms with Gasteiger partial charge in [-0.3, -0.25) is 24.5 Å². The van der Waals surface area contributed by atoms with Crippen LogP contribution in [0, 0.1) is 0 Å². The number of carbonyl (C=O) groups excluding carboxylic acids is 1. The molecular weight excluding hydrogens is 348 g/mol. The van der Waals surface area contributed by atoms with Gasteiger partial charge in [-0.2, -0.15) is 0 Å². The maximum Gasteiger partial charge on any atom is 0.328 e. The second-order valence-electron chi connectivity index (χ2n) is 6.18.